The number of aryl methyl sites for hydroxylation is 1. The van der Waals surface area contributed by atoms with E-state index in [0.717, 1.165) is 9.35 Å². The molecule has 2 atom stereocenters. The van der Waals surface area contributed by atoms with Crippen molar-refractivity contribution < 1.29 is 8.42 Å². The Bertz CT molecular complexity index is 475. The summed E-state index contributed by atoms with van der Waals surface area (Å²) < 4.78 is 23.8. The molecule has 2 heterocycles. The molecule has 90 valence electrons. The Morgan fingerprint density at radius 3 is 2.75 bits per heavy atom. The third-order valence-electron chi connectivity index (χ3n) is 2.83. The molecule has 0 N–H and O–H groups in total. The van der Waals surface area contributed by atoms with Gasteiger partial charge in [-0.2, -0.15) is 0 Å². The van der Waals surface area contributed by atoms with Gasteiger partial charge in [0.15, 0.2) is 9.84 Å². The van der Waals surface area contributed by atoms with Crippen LogP contribution < -0.4 is 0 Å². The van der Waals surface area contributed by atoms with E-state index in [1.807, 2.05) is 13.0 Å². The SMILES string of the molecule is Cc1sc(C(Cl)C2CCS(=O)(=O)C2)cc1Br. The minimum absolute atomic E-state index is 0.0663. The van der Waals surface area contributed by atoms with Gasteiger partial charge in [-0.25, -0.2) is 8.42 Å². The van der Waals surface area contributed by atoms with Crippen molar-refractivity contribution in [1.82, 2.24) is 0 Å². The Labute approximate surface area is 113 Å². The van der Waals surface area contributed by atoms with Crippen molar-refractivity contribution in [2.24, 2.45) is 5.92 Å². The van der Waals surface area contributed by atoms with Gasteiger partial charge in [0.25, 0.3) is 0 Å². The van der Waals surface area contributed by atoms with Gasteiger partial charge in [-0.3, -0.25) is 0 Å². The van der Waals surface area contributed by atoms with Crippen LogP contribution in [0, 0.1) is 12.8 Å². The van der Waals surface area contributed by atoms with Crippen molar-refractivity contribution in [2.75, 3.05) is 11.5 Å². The van der Waals surface area contributed by atoms with E-state index < -0.39 is 9.84 Å². The summed E-state index contributed by atoms with van der Waals surface area (Å²) in [6, 6.07) is 2.00. The van der Waals surface area contributed by atoms with Crippen molar-refractivity contribution in [3.8, 4) is 0 Å². The average molecular weight is 344 g/mol. The number of sulfone groups is 1. The van der Waals surface area contributed by atoms with Crippen LogP contribution in [0.4, 0.5) is 0 Å². The summed E-state index contributed by atoms with van der Waals surface area (Å²) in [4.78, 5) is 2.25. The minimum Gasteiger partial charge on any atom is -0.229 e. The Morgan fingerprint density at radius 2 is 2.31 bits per heavy atom. The zero-order valence-electron chi connectivity index (χ0n) is 8.74. The molecule has 1 aromatic heterocycles. The molecular formula is C10H12BrClO2S2. The highest BCUT2D eigenvalue weighted by Gasteiger charge is 2.34. The first-order valence-electron chi connectivity index (χ1n) is 4.99. The maximum atomic E-state index is 11.4. The lowest BCUT2D eigenvalue weighted by molar-refractivity contribution is 0.573. The zero-order chi connectivity index (χ0) is 11.9. The van der Waals surface area contributed by atoms with Gasteiger partial charge in [-0.05, 0) is 41.3 Å². The number of rotatable bonds is 2. The molecule has 1 saturated heterocycles. The molecule has 16 heavy (non-hydrogen) atoms. The normalized spacial score (nSPS) is 25.8. The molecule has 2 rings (SSSR count). The van der Waals surface area contributed by atoms with E-state index in [0.29, 0.717) is 6.42 Å². The molecule has 1 aliphatic rings. The van der Waals surface area contributed by atoms with Gasteiger partial charge in [-0.1, -0.05) is 0 Å². The Kier molecular flexibility index (Phi) is 3.69. The van der Waals surface area contributed by atoms with Gasteiger partial charge in [0, 0.05) is 14.2 Å². The minimum atomic E-state index is -2.84. The summed E-state index contributed by atoms with van der Waals surface area (Å²) in [5.74, 6) is 0.582. The van der Waals surface area contributed by atoms with Crippen molar-refractivity contribution in [1.29, 1.82) is 0 Å². The van der Waals surface area contributed by atoms with Crippen LogP contribution in [0.2, 0.25) is 0 Å². The van der Waals surface area contributed by atoms with Crippen LogP contribution in [0.3, 0.4) is 0 Å². The van der Waals surface area contributed by atoms with Crippen LogP contribution >= 0.6 is 38.9 Å². The van der Waals surface area contributed by atoms with Gasteiger partial charge in [-0.15, -0.1) is 22.9 Å². The molecule has 0 aliphatic carbocycles. The van der Waals surface area contributed by atoms with Crippen molar-refractivity contribution >= 4 is 48.7 Å². The fourth-order valence-electron chi connectivity index (χ4n) is 1.90. The number of alkyl halides is 1. The van der Waals surface area contributed by atoms with Crippen LogP contribution in [-0.2, 0) is 9.84 Å². The summed E-state index contributed by atoms with van der Waals surface area (Å²) >= 11 is 11.4. The van der Waals surface area contributed by atoms with Crippen molar-refractivity contribution in [2.45, 2.75) is 18.7 Å². The lowest BCUT2D eigenvalue weighted by Gasteiger charge is -2.13. The highest BCUT2D eigenvalue weighted by Crippen LogP contribution is 2.41. The molecule has 1 fully saturated rings. The largest absolute Gasteiger partial charge is 0.229 e. The van der Waals surface area contributed by atoms with E-state index in [-0.39, 0.29) is 22.8 Å². The first kappa shape index (κ1) is 12.9. The van der Waals surface area contributed by atoms with Gasteiger partial charge in [0.2, 0.25) is 0 Å². The highest BCUT2D eigenvalue weighted by atomic mass is 79.9. The lowest BCUT2D eigenvalue weighted by atomic mass is 10.0. The van der Waals surface area contributed by atoms with Crippen LogP contribution in [0.5, 0.6) is 0 Å². The quantitative estimate of drug-likeness (QED) is 0.770. The molecule has 2 nitrogen and oxygen atoms in total. The summed E-state index contributed by atoms with van der Waals surface area (Å²) in [7, 11) is -2.84. The first-order valence-corrected chi connectivity index (χ1v) is 8.86. The first-order chi connectivity index (χ1) is 7.39. The maximum absolute atomic E-state index is 11.4. The Balaban J connectivity index is 2.17. The molecule has 0 amide bonds. The van der Waals surface area contributed by atoms with E-state index in [1.165, 1.54) is 4.88 Å². The molecule has 0 bridgehead atoms. The number of halogens is 2. The topological polar surface area (TPSA) is 34.1 Å². The smallest absolute Gasteiger partial charge is 0.150 e. The van der Waals surface area contributed by atoms with E-state index >= 15 is 0 Å². The second kappa shape index (κ2) is 4.59. The predicted molar refractivity (Wildman–Crippen MR) is 72.1 cm³/mol. The molecule has 1 aliphatic heterocycles. The van der Waals surface area contributed by atoms with Gasteiger partial charge in [0.05, 0.1) is 16.9 Å². The number of hydrogen-bond acceptors (Lipinski definition) is 3. The molecule has 0 radical (unpaired) electrons. The predicted octanol–water partition coefficient (Wildman–Crippen LogP) is 3.53. The molecule has 6 heteroatoms. The average Bonchev–Trinajstić information content (AvgIpc) is 2.70. The standard InChI is InChI=1S/C10H12BrClO2S2/c1-6-8(11)4-9(15-6)10(12)7-2-3-16(13,14)5-7/h4,7,10H,2-3,5H2,1H3. The molecule has 0 saturated carbocycles. The van der Waals surface area contributed by atoms with E-state index in [9.17, 15) is 8.42 Å². The van der Waals surface area contributed by atoms with Crippen LogP contribution in [0.15, 0.2) is 10.5 Å². The Morgan fingerprint density at radius 1 is 1.62 bits per heavy atom. The Hall–Kier alpha value is 0.420. The second-order valence-corrected chi connectivity index (χ2v) is 8.96. The highest BCUT2D eigenvalue weighted by molar-refractivity contribution is 9.10. The third-order valence-corrected chi connectivity index (χ3v) is 7.56. The fraction of sp³-hybridized carbons (Fsp3) is 0.600. The number of hydrogen-bond donors (Lipinski definition) is 0. The third kappa shape index (κ3) is 2.63. The van der Waals surface area contributed by atoms with Gasteiger partial charge in [0.1, 0.15) is 0 Å². The van der Waals surface area contributed by atoms with Crippen LogP contribution in [0.1, 0.15) is 21.6 Å². The van der Waals surface area contributed by atoms with Crippen LogP contribution in [-0.4, -0.2) is 19.9 Å². The molecule has 2 unspecified atom stereocenters. The van der Waals surface area contributed by atoms with Gasteiger partial charge < -0.3 is 0 Å². The van der Waals surface area contributed by atoms with Gasteiger partial charge >= 0.3 is 0 Å². The maximum Gasteiger partial charge on any atom is 0.150 e. The monoisotopic (exact) mass is 342 g/mol. The molecule has 0 aromatic carbocycles. The summed E-state index contributed by atoms with van der Waals surface area (Å²) in [6.07, 6.45) is 0.686. The van der Waals surface area contributed by atoms with Crippen molar-refractivity contribution in [3.05, 3.63) is 20.3 Å². The summed E-state index contributed by atoms with van der Waals surface area (Å²) in [5.41, 5.74) is 0. The molecular weight excluding hydrogens is 332 g/mol. The van der Waals surface area contributed by atoms with Crippen molar-refractivity contribution in [3.63, 3.8) is 0 Å². The summed E-state index contributed by atoms with van der Waals surface area (Å²) in [6.45, 7) is 2.02. The number of thiophene rings is 1. The second-order valence-electron chi connectivity index (χ2n) is 4.12. The van der Waals surface area contributed by atoms with Crippen LogP contribution in [0.25, 0.3) is 0 Å². The zero-order valence-corrected chi connectivity index (χ0v) is 12.7. The summed E-state index contributed by atoms with van der Waals surface area (Å²) in [5, 5.41) is -0.174. The fourth-order valence-corrected chi connectivity index (χ4v) is 5.89. The van der Waals surface area contributed by atoms with E-state index in [2.05, 4.69) is 15.9 Å². The molecule has 1 aromatic rings. The lowest BCUT2D eigenvalue weighted by Crippen LogP contribution is -2.09. The van der Waals surface area contributed by atoms with E-state index in [4.69, 9.17) is 11.6 Å². The molecule has 0 spiro atoms. The van der Waals surface area contributed by atoms with E-state index in [1.54, 1.807) is 11.3 Å².